The van der Waals surface area contributed by atoms with E-state index in [-0.39, 0.29) is 12.0 Å². The number of aryl methyl sites for hydroxylation is 1. The molecule has 0 radical (unpaired) electrons. The van der Waals surface area contributed by atoms with Crippen molar-refractivity contribution in [2.24, 2.45) is 0 Å². The standard InChI is InChI=1S/C24H28N2O3S/c1-3-17-9-12-21-22(14-17)30-24(25-21)26(16-20-6-5-13-29-20)23(27)15-18-7-10-19(11-8-18)28-4-2/h7-12,14,20H,3-6,13,15-16H2,1-2H3/t20-/m0/s1. The maximum absolute atomic E-state index is 13.3. The second-order valence-electron chi connectivity index (χ2n) is 7.55. The van der Waals surface area contributed by atoms with Crippen LogP contribution in [0.5, 0.6) is 5.75 Å². The third-order valence-electron chi connectivity index (χ3n) is 5.38. The van der Waals surface area contributed by atoms with Gasteiger partial charge in [0.05, 0.1) is 35.9 Å². The van der Waals surface area contributed by atoms with Crippen molar-refractivity contribution in [2.45, 2.75) is 45.6 Å². The summed E-state index contributed by atoms with van der Waals surface area (Å²) in [5.74, 6) is 0.868. The summed E-state index contributed by atoms with van der Waals surface area (Å²) in [6.07, 6.45) is 3.42. The van der Waals surface area contributed by atoms with Gasteiger partial charge in [-0.1, -0.05) is 36.5 Å². The molecule has 0 saturated carbocycles. The van der Waals surface area contributed by atoms with Gasteiger partial charge < -0.3 is 9.47 Å². The molecule has 1 fully saturated rings. The van der Waals surface area contributed by atoms with Crippen LogP contribution in [0.4, 0.5) is 5.13 Å². The van der Waals surface area contributed by atoms with Crippen LogP contribution < -0.4 is 9.64 Å². The molecule has 1 saturated heterocycles. The summed E-state index contributed by atoms with van der Waals surface area (Å²) in [6, 6.07) is 14.1. The second-order valence-corrected chi connectivity index (χ2v) is 8.55. The molecule has 1 aliphatic heterocycles. The molecule has 158 valence electrons. The molecule has 2 aromatic carbocycles. The van der Waals surface area contributed by atoms with Gasteiger partial charge in [-0.15, -0.1) is 0 Å². The van der Waals surface area contributed by atoms with Crippen molar-refractivity contribution < 1.29 is 14.3 Å². The first-order valence-electron chi connectivity index (χ1n) is 10.7. The number of hydrogen-bond acceptors (Lipinski definition) is 5. The lowest BCUT2D eigenvalue weighted by atomic mass is 10.1. The number of benzene rings is 2. The number of nitrogens with zero attached hydrogens (tertiary/aromatic N) is 2. The van der Waals surface area contributed by atoms with Crippen LogP contribution in [0.3, 0.4) is 0 Å². The lowest BCUT2D eigenvalue weighted by molar-refractivity contribution is -0.118. The second kappa shape index (κ2) is 9.58. The monoisotopic (exact) mass is 424 g/mol. The van der Waals surface area contributed by atoms with Crippen LogP contribution in [0.2, 0.25) is 0 Å². The topological polar surface area (TPSA) is 51.7 Å². The first-order chi connectivity index (χ1) is 14.7. The van der Waals surface area contributed by atoms with E-state index in [0.717, 1.165) is 52.5 Å². The normalized spacial score (nSPS) is 16.1. The lowest BCUT2D eigenvalue weighted by Gasteiger charge is -2.23. The molecule has 3 aromatic rings. The predicted molar refractivity (Wildman–Crippen MR) is 122 cm³/mol. The van der Waals surface area contributed by atoms with Crippen molar-refractivity contribution in [3.8, 4) is 5.75 Å². The zero-order chi connectivity index (χ0) is 20.9. The minimum absolute atomic E-state index is 0.0458. The Bertz CT molecular complexity index is 993. The Labute approximate surface area is 181 Å². The predicted octanol–water partition coefficient (Wildman–Crippen LogP) is 5.01. The van der Waals surface area contributed by atoms with Crippen LogP contribution in [0.25, 0.3) is 10.2 Å². The number of thiazole rings is 1. The highest BCUT2D eigenvalue weighted by molar-refractivity contribution is 7.22. The zero-order valence-corrected chi connectivity index (χ0v) is 18.4. The van der Waals surface area contributed by atoms with E-state index in [1.165, 1.54) is 5.56 Å². The summed E-state index contributed by atoms with van der Waals surface area (Å²) in [4.78, 5) is 19.9. The van der Waals surface area contributed by atoms with E-state index in [9.17, 15) is 4.79 Å². The van der Waals surface area contributed by atoms with Crippen molar-refractivity contribution >= 4 is 32.6 Å². The molecule has 0 N–H and O–H groups in total. The minimum atomic E-state index is 0.0458. The molecule has 0 aliphatic carbocycles. The maximum Gasteiger partial charge on any atom is 0.233 e. The molecule has 5 nitrogen and oxygen atoms in total. The van der Waals surface area contributed by atoms with Gasteiger partial charge in [0.25, 0.3) is 0 Å². The van der Waals surface area contributed by atoms with Gasteiger partial charge in [-0.25, -0.2) is 4.98 Å². The molecule has 1 aromatic heterocycles. The third kappa shape index (κ3) is 4.82. The Hall–Kier alpha value is -2.44. The zero-order valence-electron chi connectivity index (χ0n) is 17.6. The van der Waals surface area contributed by atoms with E-state index in [2.05, 4.69) is 25.1 Å². The summed E-state index contributed by atoms with van der Waals surface area (Å²) < 4.78 is 12.4. The highest BCUT2D eigenvalue weighted by Crippen LogP contribution is 2.31. The van der Waals surface area contributed by atoms with Crippen molar-refractivity contribution in [1.29, 1.82) is 0 Å². The summed E-state index contributed by atoms with van der Waals surface area (Å²) in [7, 11) is 0. The largest absolute Gasteiger partial charge is 0.494 e. The number of fused-ring (bicyclic) bond motifs is 1. The highest BCUT2D eigenvalue weighted by Gasteiger charge is 2.26. The van der Waals surface area contributed by atoms with Gasteiger partial charge in [0, 0.05) is 6.61 Å². The number of carbonyl (C=O) groups excluding carboxylic acids is 1. The molecular weight excluding hydrogens is 396 g/mol. The SMILES string of the molecule is CCOc1ccc(CC(=O)N(C[C@@H]2CCCO2)c2nc3ccc(CC)cc3s2)cc1. The van der Waals surface area contributed by atoms with E-state index in [4.69, 9.17) is 14.5 Å². The van der Waals surface area contributed by atoms with Gasteiger partial charge in [0.15, 0.2) is 5.13 Å². The van der Waals surface area contributed by atoms with Crippen LogP contribution in [-0.4, -0.2) is 36.8 Å². The van der Waals surface area contributed by atoms with Gasteiger partial charge in [0.2, 0.25) is 5.91 Å². The molecule has 0 bridgehead atoms. The number of hydrogen-bond donors (Lipinski definition) is 0. The molecular formula is C24H28N2O3S. The Morgan fingerprint density at radius 1 is 1.20 bits per heavy atom. The first-order valence-corrected chi connectivity index (χ1v) is 11.5. The third-order valence-corrected chi connectivity index (χ3v) is 6.42. The number of amides is 1. The van der Waals surface area contributed by atoms with Gasteiger partial charge in [-0.3, -0.25) is 9.69 Å². The molecule has 0 spiro atoms. The molecule has 1 amide bonds. The lowest BCUT2D eigenvalue weighted by Crippen LogP contribution is -2.38. The molecule has 0 unspecified atom stereocenters. The Kier molecular flexibility index (Phi) is 6.65. The summed E-state index contributed by atoms with van der Waals surface area (Å²) in [5.41, 5.74) is 3.19. The molecule has 1 atom stereocenters. The molecule has 2 heterocycles. The van der Waals surface area contributed by atoms with E-state index in [0.29, 0.717) is 19.6 Å². The van der Waals surface area contributed by atoms with Crippen LogP contribution in [0.15, 0.2) is 42.5 Å². The molecule has 30 heavy (non-hydrogen) atoms. The van der Waals surface area contributed by atoms with Crippen LogP contribution in [0, 0.1) is 0 Å². The molecule has 6 heteroatoms. The van der Waals surface area contributed by atoms with E-state index >= 15 is 0 Å². The van der Waals surface area contributed by atoms with Crippen molar-refractivity contribution in [1.82, 2.24) is 4.98 Å². The fraction of sp³-hybridized carbons (Fsp3) is 0.417. The van der Waals surface area contributed by atoms with Gasteiger partial charge in [0.1, 0.15) is 5.75 Å². The smallest absolute Gasteiger partial charge is 0.233 e. The Morgan fingerprint density at radius 2 is 2.00 bits per heavy atom. The highest BCUT2D eigenvalue weighted by atomic mass is 32.1. The molecule has 1 aliphatic rings. The summed E-state index contributed by atoms with van der Waals surface area (Å²) in [6.45, 7) is 6.06. The van der Waals surface area contributed by atoms with E-state index in [1.807, 2.05) is 36.1 Å². The minimum Gasteiger partial charge on any atom is -0.494 e. The average molecular weight is 425 g/mol. The summed E-state index contributed by atoms with van der Waals surface area (Å²) in [5, 5.41) is 0.754. The van der Waals surface area contributed by atoms with E-state index < -0.39 is 0 Å². The van der Waals surface area contributed by atoms with Crippen LogP contribution in [-0.2, 0) is 22.4 Å². The van der Waals surface area contributed by atoms with Crippen molar-refractivity contribution in [2.75, 3.05) is 24.7 Å². The van der Waals surface area contributed by atoms with Crippen molar-refractivity contribution in [3.05, 3.63) is 53.6 Å². The number of rotatable bonds is 8. The van der Waals surface area contributed by atoms with E-state index in [1.54, 1.807) is 11.3 Å². The first kappa shape index (κ1) is 20.8. The van der Waals surface area contributed by atoms with Crippen LogP contribution >= 0.6 is 11.3 Å². The number of ether oxygens (including phenoxy) is 2. The van der Waals surface area contributed by atoms with Gasteiger partial charge >= 0.3 is 0 Å². The fourth-order valence-electron chi connectivity index (χ4n) is 3.71. The van der Waals surface area contributed by atoms with Crippen molar-refractivity contribution in [3.63, 3.8) is 0 Å². The summed E-state index contributed by atoms with van der Waals surface area (Å²) >= 11 is 1.58. The quantitative estimate of drug-likeness (QED) is 0.510. The Balaban J connectivity index is 1.57. The number of carbonyl (C=O) groups is 1. The van der Waals surface area contributed by atoms with Crippen LogP contribution in [0.1, 0.15) is 37.8 Å². The average Bonchev–Trinajstić information content (AvgIpc) is 3.42. The number of aromatic nitrogens is 1. The maximum atomic E-state index is 13.3. The number of anilines is 1. The van der Waals surface area contributed by atoms with Gasteiger partial charge in [-0.05, 0) is 61.6 Å². The fourth-order valence-corrected chi connectivity index (χ4v) is 4.77. The molecule has 4 rings (SSSR count). The van der Waals surface area contributed by atoms with Gasteiger partial charge in [-0.2, -0.15) is 0 Å². The Morgan fingerprint density at radius 3 is 2.70 bits per heavy atom.